The lowest BCUT2D eigenvalue weighted by Crippen LogP contribution is -2.47. The number of hydrogen-bond acceptors (Lipinski definition) is 10. The maximum atomic E-state index is 13.0. The molecule has 2 aliphatic heterocycles. The standard InChI is InChI=1S/C29H34ClN7O4/c1-19-25(28-32-34-35(3)33-28)26(21-9-5-6-10-22(21)30)27(20(2)31-19)41-29(38)40-18-17-36-13-15-37(16-14-36)23-11-7-8-12-24(23)39-4/h5-12,26,31H,13-18H2,1-4H3. The average molecular weight is 580 g/mol. The van der Waals surface area contributed by atoms with E-state index in [1.807, 2.05) is 50.2 Å². The zero-order chi connectivity index (χ0) is 28.9. The summed E-state index contributed by atoms with van der Waals surface area (Å²) in [5.41, 5.74) is 4.05. The highest BCUT2D eigenvalue weighted by Crippen LogP contribution is 2.44. The second kappa shape index (κ2) is 12.6. The number of para-hydroxylation sites is 2. The van der Waals surface area contributed by atoms with Gasteiger partial charge in [-0.3, -0.25) is 4.90 Å². The third kappa shape index (κ3) is 6.31. The monoisotopic (exact) mass is 579 g/mol. The van der Waals surface area contributed by atoms with Gasteiger partial charge >= 0.3 is 6.16 Å². The summed E-state index contributed by atoms with van der Waals surface area (Å²) in [5.74, 6) is 1.12. The Hall–Kier alpha value is -4.09. The number of allylic oxidation sites excluding steroid dienone is 3. The summed E-state index contributed by atoms with van der Waals surface area (Å²) in [4.78, 5) is 18.9. The largest absolute Gasteiger partial charge is 0.513 e. The van der Waals surface area contributed by atoms with Crippen molar-refractivity contribution in [3.05, 3.63) is 82.1 Å². The highest BCUT2D eigenvalue weighted by Gasteiger charge is 2.36. The molecule has 0 saturated carbocycles. The van der Waals surface area contributed by atoms with E-state index in [0.717, 1.165) is 48.9 Å². The molecule has 1 N–H and O–H groups in total. The lowest BCUT2D eigenvalue weighted by Gasteiger charge is -2.36. The summed E-state index contributed by atoms with van der Waals surface area (Å²) in [6.45, 7) is 7.97. The molecule has 2 aromatic carbocycles. The van der Waals surface area contributed by atoms with Crippen molar-refractivity contribution in [2.75, 3.05) is 51.3 Å². The van der Waals surface area contributed by atoms with E-state index < -0.39 is 12.1 Å². The van der Waals surface area contributed by atoms with Gasteiger partial charge in [0, 0.05) is 49.0 Å². The van der Waals surface area contributed by atoms with Crippen molar-refractivity contribution in [3.8, 4) is 5.75 Å². The number of carbonyl (C=O) groups is 1. The molecule has 1 saturated heterocycles. The van der Waals surface area contributed by atoms with Gasteiger partial charge in [-0.25, -0.2) is 4.79 Å². The topological polar surface area (TPSA) is 107 Å². The Balaban J connectivity index is 1.23. The van der Waals surface area contributed by atoms with Gasteiger partial charge in [-0.15, -0.1) is 10.2 Å². The molecule has 0 spiro atoms. The first-order valence-corrected chi connectivity index (χ1v) is 13.9. The zero-order valence-electron chi connectivity index (χ0n) is 23.6. The molecular formula is C29H34ClN7O4. The van der Waals surface area contributed by atoms with Crippen LogP contribution in [0.5, 0.6) is 5.75 Å². The number of hydrogen-bond donors (Lipinski definition) is 1. The maximum Gasteiger partial charge on any atom is 0.513 e. The number of aryl methyl sites for hydroxylation is 1. The lowest BCUT2D eigenvalue weighted by atomic mass is 9.84. The van der Waals surface area contributed by atoms with Crippen LogP contribution in [0, 0.1) is 0 Å². The number of nitrogens with one attached hydrogen (secondary N) is 1. The summed E-state index contributed by atoms with van der Waals surface area (Å²) in [6, 6.07) is 15.5. The molecule has 11 nitrogen and oxygen atoms in total. The summed E-state index contributed by atoms with van der Waals surface area (Å²) in [5, 5.41) is 16.4. The van der Waals surface area contributed by atoms with E-state index in [9.17, 15) is 4.79 Å². The van der Waals surface area contributed by atoms with Crippen molar-refractivity contribution in [1.29, 1.82) is 0 Å². The first-order valence-electron chi connectivity index (χ1n) is 13.5. The molecule has 0 radical (unpaired) electrons. The van der Waals surface area contributed by atoms with Crippen LogP contribution in [0.4, 0.5) is 10.5 Å². The first kappa shape index (κ1) is 28.4. The molecule has 0 aliphatic carbocycles. The van der Waals surface area contributed by atoms with Crippen molar-refractivity contribution in [3.63, 3.8) is 0 Å². The van der Waals surface area contributed by atoms with Crippen molar-refractivity contribution in [2.45, 2.75) is 19.8 Å². The van der Waals surface area contributed by atoms with E-state index in [4.69, 9.17) is 25.8 Å². The molecule has 1 atom stereocenters. The predicted octanol–water partition coefficient (Wildman–Crippen LogP) is 4.20. The normalized spacial score (nSPS) is 17.9. The number of tetrazole rings is 1. The first-order chi connectivity index (χ1) is 19.9. The summed E-state index contributed by atoms with van der Waals surface area (Å²) < 4.78 is 16.9. The van der Waals surface area contributed by atoms with E-state index >= 15 is 0 Å². The van der Waals surface area contributed by atoms with Gasteiger partial charge in [0.1, 0.15) is 18.1 Å². The number of halogens is 1. The van der Waals surface area contributed by atoms with Crippen LogP contribution in [0.1, 0.15) is 31.2 Å². The Morgan fingerprint density at radius 1 is 1.05 bits per heavy atom. The highest BCUT2D eigenvalue weighted by atomic mass is 35.5. The number of carbonyl (C=O) groups excluding carboxylic acids is 1. The molecular weight excluding hydrogens is 546 g/mol. The van der Waals surface area contributed by atoms with Crippen molar-refractivity contribution >= 4 is 29.0 Å². The van der Waals surface area contributed by atoms with Crippen LogP contribution in [0.2, 0.25) is 5.02 Å². The number of nitrogens with zero attached hydrogens (tertiary/aromatic N) is 6. The van der Waals surface area contributed by atoms with Crippen LogP contribution < -0.4 is 15.0 Å². The number of anilines is 1. The Labute approximate surface area is 244 Å². The van der Waals surface area contributed by atoms with Crippen LogP contribution in [-0.4, -0.2) is 77.7 Å². The number of aromatic nitrogens is 4. The fourth-order valence-electron chi connectivity index (χ4n) is 5.29. The molecule has 1 fully saturated rings. The number of rotatable bonds is 8. The summed E-state index contributed by atoms with van der Waals surface area (Å²) in [7, 11) is 3.38. The molecule has 216 valence electrons. The molecule has 3 heterocycles. The Kier molecular flexibility index (Phi) is 8.75. The highest BCUT2D eigenvalue weighted by molar-refractivity contribution is 6.31. The van der Waals surface area contributed by atoms with Crippen molar-refractivity contribution < 1.29 is 19.0 Å². The van der Waals surface area contributed by atoms with E-state index in [2.05, 4.69) is 36.6 Å². The van der Waals surface area contributed by atoms with Crippen LogP contribution in [0.25, 0.3) is 5.57 Å². The fourth-order valence-corrected chi connectivity index (χ4v) is 5.53. The zero-order valence-corrected chi connectivity index (χ0v) is 24.4. The Bertz CT molecular complexity index is 1460. The SMILES string of the molecule is COc1ccccc1N1CCN(CCOC(=O)OC2=C(C)NC(C)=C(c3nnn(C)n3)C2c2ccccc2Cl)CC1. The smallest absolute Gasteiger partial charge is 0.495 e. The molecule has 3 aromatic rings. The molecule has 12 heteroatoms. The molecule has 0 bridgehead atoms. The van der Waals surface area contributed by atoms with Gasteiger partial charge in [0.15, 0.2) is 0 Å². The minimum Gasteiger partial charge on any atom is -0.495 e. The minimum absolute atomic E-state index is 0.206. The van der Waals surface area contributed by atoms with E-state index in [1.165, 1.54) is 4.80 Å². The van der Waals surface area contributed by atoms with Crippen LogP contribution in [0.15, 0.2) is 65.7 Å². The number of dihydropyridines is 1. The summed E-state index contributed by atoms with van der Waals surface area (Å²) >= 11 is 6.63. The van der Waals surface area contributed by atoms with Crippen LogP contribution >= 0.6 is 11.6 Å². The third-order valence-corrected chi connectivity index (χ3v) is 7.63. The summed E-state index contributed by atoms with van der Waals surface area (Å²) in [6.07, 6.45) is -0.781. The van der Waals surface area contributed by atoms with Gasteiger partial charge in [-0.2, -0.15) is 4.80 Å². The molecule has 2 aliphatic rings. The van der Waals surface area contributed by atoms with Gasteiger partial charge in [0.25, 0.3) is 0 Å². The quantitative estimate of drug-likeness (QED) is 0.390. The second-order valence-electron chi connectivity index (χ2n) is 9.91. The number of ether oxygens (including phenoxy) is 3. The van der Waals surface area contributed by atoms with Crippen molar-refractivity contribution in [1.82, 2.24) is 30.4 Å². The Morgan fingerprint density at radius 3 is 2.49 bits per heavy atom. The number of piperazine rings is 1. The van der Waals surface area contributed by atoms with Crippen LogP contribution in [-0.2, 0) is 16.5 Å². The third-order valence-electron chi connectivity index (χ3n) is 7.28. The maximum absolute atomic E-state index is 13.0. The van der Waals surface area contributed by atoms with Crippen LogP contribution in [0.3, 0.4) is 0 Å². The predicted molar refractivity (Wildman–Crippen MR) is 156 cm³/mol. The van der Waals surface area contributed by atoms with Gasteiger partial charge in [-0.05, 0) is 42.8 Å². The van der Waals surface area contributed by atoms with Crippen molar-refractivity contribution in [2.24, 2.45) is 7.05 Å². The average Bonchev–Trinajstić information content (AvgIpc) is 3.40. The fraction of sp³-hybridized carbons (Fsp3) is 0.379. The lowest BCUT2D eigenvalue weighted by molar-refractivity contribution is 0.0637. The molecule has 1 aromatic heterocycles. The molecule has 41 heavy (non-hydrogen) atoms. The minimum atomic E-state index is -0.781. The van der Waals surface area contributed by atoms with E-state index in [-0.39, 0.29) is 6.61 Å². The molecule has 0 amide bonds. The van der Waals surface area contributed by atoms with E-state index in [1.54, 1.807) is 20.2 Å². The number of methoxy groups -OCH3 is 1. The van der Waals surface area contributed by atoms with Gasteiger partial charge in [0.2, 0.25) is 5.82 Å². The van der Waals surface area contributed by atoms with Gasteiger partial charge in [-0.1, -0.05) is 41.9 Å². The van der Waals surface area contributed by atoms with Gasteiger partial charge in [0.05, 0.1) is 31.5 Å². The molecule has 5 rings (SSSR count). The van der Waals surface area contributed by atoms with E-state index in [0.29, 0.717) is 34.4 Å². The number of benzene rings is 2. The van der Waals surface area contributed by atoms with Gasteiger partial charge < -0.3 is 24.4 Å². The molecule has 1 unspecified atom stereocenters. The Morgan fingerprint density at radius 2 is 1.78 bits per heavy atom. The second-order valence-corrected chi connectivity index (χ2v) is 10.3.